The summed E-state index contributed by atoms with van der Waals surface area (Å²) in [4.78, 5) is 39.7. The molecule has 3 rings (SSSR count). The number of aliphatic hydroxyl groups excluding tert-OH is 1. The van der Waals surface area contributed by atoms with Crippen LogP contribution in [0.2, 0.25) is 5.02 Å². The molecule has 2 N–H and O–H groups in total. The molecule has 8 nitrogen and oxygen atoms in total. The molecule has 2 saturated heterocycles. The number of halogens is 1. The fourth-order valence-electron chi connectivity index (χ4n) is 2.92. The number of amides is 3. The molecule has 2 fully saturated rings. The first kappa shape index (κ1) is 17.5. The van der Waals surface area contributed by atoms with Gasteiger partial charge in [-0.2, -0.15) is 0 Å². The van der Waals surface area contributed by atoms with Crippen LogP contribution in [0.15, 0.2) is 24.3 Å². The van der Waals surface area contributed by atoms with Crippen molar-refractivity contribution >= 4 is 29.5 Å². The molecule has 0 bridgehead atoms. The maximum Gasteiger partial charge on any atom is 0.415 e. The molecule has 1 aromatic rings. The van der Waals surface area contributed by atoms with Crippen molar-refractivity contribution in [2.24, 2.45) is 0 Å². The molecule has 0 spiro atoms. The second kappa shape index (κ2) is 6.89. The van der Waals surface area contributed by atoms with E-state index in [1.165, 1.54) is 16.7 Å². The normalized spacial score (nSPS) is 24.4. The summed E-state index contributed by atoms with van der Waals surface area (Å²) < 4.78 is 5.26. The van der Waals surface area contributed by atoms with Crippen LogP contribution in [-0.4, -0.2) is 70.6 Å². The fraction of sp³-hybridized carbons (Fsp3) is 0.438. The van der Waals surface area contributed by atoms with Crippen molar-refractivity contribution < 1.29 is 24.2 Å². The number of piperazine rings is 2. The van der Waals surface area contributed by atoms with E-state index in [1.807, 2.05) is 0 Å². The molecule has 3 atom stereocenters. The molecule has 0 aliphatic carbocycles. The Hall–Kier alpha value is -2.32. The van der Waals surface area contributed by atoms with E-state index in [1.54, 1.807) is 24.3 Å². The lowest BCUT2D eigenvalue weighted by Crippen LogP contribution is -2.71. The van der Waals surface area contributed by atoms with Gasteiger partial charge in [-0.25, -0.2) is 4.79 Å². The maximum atomic E-state index is 12.4. The molecule has 1 aromatic carbocycles. The molecule has 0 radical (unpaired) electrons. The number of benzene rings is 1. The first-order chi connectivity index (χ1) is 11.9. The highest BCUT2D eigenvalue weighted by molar-refractivity contribution is 6.30. The van der Waals surface area contributed by atoms with Gasteiger partial charge in [-0.05, 0) is 31.2 Å². The molecule has 25 heavy (non-hydrogen) atoms. The zero-order chi connectivity index (χ0) is 18.1. The van der Waals surface area contributed by atoms with Crippen molar-refractivity contribution in [2.45, 2.75) is 25.1 Å². The number of carbonyl (C=O) groups is 3. The van der Waals surface area contributed by atoms with Gasteiger partial charge in [-0.15, -0.1) is 0 Å². The number of rotatable bonds is 2. The zero-order valence-corrected chi connectivity index (χ0v) is 14.3. The van der Waals surface area contributed by atoms with Crippen molar-refractivity contribution in [3.63, 3.8) is 0 Å². The molecule has 2 aliphatic rings. The topological polar surface area (TPSA) is 99.2 Å². The lowest BCUT2D eigenvalue weighted by Gasteiger charge is -2.45. The number of hydrogen-bond donors (Lipinski definition) is 2. The molecule has 0 aromatic heterocycles. The van der Waals surface area contributed by atoms with Crippen molar-refractivity contribution in [3.8, 4) is 5.75 Å². The van der Waals surface area contributed by atoms with Crippen LogP contribution in [0, 0.1) is 0 Å². The fourth-order valence-corrected chi connectivity index (χ4v) is 3.05. The van der Waals surface area contributed by atoms with E-state index in [2.05, 4.69) is 5.32 Å². The number of aliphatic hydroxyl groups is 1. The summed E-state index contributed by atoms with van der Waals surface area (Å²) in [7, 11) is 0. The molecular formula is C16H18ClN3O5. The molecule has 0 unspecified atom stereocenters. The number of nitrogens with one attached hydrogen (secondary N) is 1. The third-order valence-corrected chi connectivity index (χ3v) is 4.54. The van der Waals surface area contributed by atoms with E-state index in [0.29, 0.717) is 10.8 Å². The largest absolute Gasteiger partial charge is 0.415 e. The van der Waals surface area contributed by atoms with E-state index >= 15 is 0 Å². The predicted octanol–water partition coefficient (Wildman–Crippen LogP) is 0.231. The second-order valence-electron chi connectivity index (χ2n) is 6.04. The minimum Gasteiger partial charge on any atom is -0.410 e. The van der Waals surface area contributed by atoms with Gasteiger partial charge < -0.3 is 25.0 Å². The minimum atomic E-state index is -0.981. The molecule has 2 heterocycles. The summed E-state index contributed by atoms with van der Waals surface area (Å²) in [6.45, 7) is 1.93. The molecule has 9 heteroatoms. The Morgan fingerprint density at radius 1 is 1.32 bits per heavy atom. The van der Waals surface area contributed by atoms with Gasteiger partial charge in [0.15, 0.2) is 0 Å². The van der Waals surface area contributed by atoms with Crippen LogP contribution < -0.4 is 10.1 Å². The Morgan fingerprint density at radius 3 is 2.64 bits per heavy atom. The van der Waals surface area contributed by atoms with Gasteiger partial charge in [0.25, 0.3) is 0 Å². The highest BCUT2D eigenvalue weighted by atomic mass is 35.5. The van der Waals surface area contributed by atoms with Gasteiger partial charge in [0.1, 0.15) is 17.8 Å². The Balaban J connectivity index is 1.66. The monoisotopic (exact) mass is 367 g/mol. The summed E-state index contributed by atoms with van der Waals surface area (Å²) in [6.07, 6.45) is -1.58. The number of fused-ring (bicyclic) bond motifs is 1. The first-order valence-corrected chi connectivity index (χ1v) is 8.26. The SMILES string of the molecule is C[C@H](O)[C@H]1NC(=O)[C@H]2CN(C(=O)Oc3ccc(Cl)cc3)CCN2C1=O. The van der Waals surface area contributed by atoms with Crippen LogP contribution in [0.25, 0.3) is 0 Å². The number of hydrogen-bond acceptors (Lipinski definition) is 5. The average molecular weight is 368 g/mol. The second-order valence-corrected chi connectivity index (χ2v) is 6.48. The molecule has 2 aliphatic heterocycles. The van der Waals surface area contributed by atoms with Crippen molar-refractivity contribution in [3.05, 3.63) is 29.3 Å². The van der Waals surface area contributed by atoms with Gasteiger partial charge in [0, 0.05) is 18.1 Å². The molecular weight excluding hydrogens is 350 g/mol. The highest BCUT2D eigenvalue weighted by Gasteiger charge is 2.45. The number of carbonyl (C=O) groups excluding carboxylic acids is 3. The van der Waals surface area contributed by atoms with Gasteiger partial charge in [-0.3, -0.25) is 9.59 Å². The van der Waals surface area contributed by atoms with Gasteiger partial charge in [-0.1, -0.05) is 11.6 Å². The third-order valence-electron chi connectivity index (χ3n) is 4.29. The van der Waals surface area contributed by atoms with Crippen LogP contribution >= 0.6 is 11.6 Å². The summed E-state index contributed by atoms with van der Waals surface area (Å²) in [5.74, 6) is -0.394. The zero-order valence-electron chi connectivity index (χ0n) is 13.5. The summed E-state index contributed by atoms with van der Waals surface area (Å²) in [5, 5.41) is 12.7. The number of ether oxygens (including phenoxy) is 1. The average Bonchev–Trinajstić information content (AvgIpc) is 2.59. The third kappa shape index (κ3) is 3.54. The van der Waals surface area contributed by atoms with Crippen LogP contribution in [0.5, 0.6) is 5.75 Å². The summed E-state index contributed by atoms with van der Waals surface area (Å²) >= 11 is 5.79. The van der Waals surface area contributed by atoms with Crippen molar-refractivity contribution in [1.82, 2.24) is 15.1 Å². The quantitative estimate of drug-likeness (QED) is 0.779. The Morgan fingerprint density at radius 2 is 2.00 bits per heavy atom. The van der Waals surface area contributed by atoms with Gasteiger partial charge in [0.2, 0.25) is 11.8 Å². The molecule has 3 amide bonds. The molecule has 0 saturated carbocycles. The lowest BCUT2D eigenvalue weighted by atomic mass is 10.0. The Labute approximate surface area is 149 Å². The minimum absolute atomic E-state index is 0.0382. The number of nitrogens with zero attached hydrogens (tertiary/aromatic N) is 2. The standard InChI is InChI=1S/C16H18ClN3O5/c1-9(21)13-15(23)20-7-6-19(8-12(20)14(22)18-13)16(24)25-11-4-2-10(17)3-5-11/h2-5,9,12-13,21H,6-8H2,1H3,(H,18,22)/t9-,12+,13+/m0/s1. The van der Waals surface area contributed by atoms with Gasteiger partial charge in [0.05, 0.1) is 12.6 Å². The highest BCUT2D eigenvalue weighted by Crippen LogP contribution is 2.20. The van der Waals surface area contributed by atoms with E-state index in [0.717, 1.165) is 0 Å². The smallest absolute Gasteiger partial charge is 0.410 e. The van der Waals surface area contributed by atoms with Gasteiger partial charge >= 0.3 is 6.09 Å². The van der Waals surface area contributed by atoms with E-state index in [9.17, 15) is 19.5 Å². The summed E-state index contributed by atoms with van der Waals surface area (Å²) in [5.41, 5.74) is 0. The van der Waals surface area contributed by atoms with Crippen molar-refractivity contribution in [1.29, 1.82) is 0 Å². The van der Waals surface area contributed by atoms with Crippen LogP contribution in [0.4, 0.5) is 4.79 Å². The molecule has 134 valence electrons. The van der Waals surface area contributed by atoms with Crippen LogP contribution in [-0.2, 0) is 9.59 Å². The van der Waals surface area contributed by atoms with E-state index < -0.39 is 30.2 Å². The van der Waals surface area contributed by atoms with E-state index in [4.69, 9.17) is 16.3 Å². The Kier molecular flexibility index (Phi) is 4.82. The summed E-state index contributed by atoms with van der Waals surface area (Å²) in [6, 6.07) is 4.61. The first-order valence-electron chi connectivity index (χ1n) is 7.88. The Bertz CT molecular complexity index is 694. The lowest BCUT2D eigenvalue weighted by molar-refractivity contribution is -0.155. The van der Waals surface area contributed by atoms with Crippen LogP contribution in [0.1, 0.15) is 6.92 Å². The van der Waals surface area contributed by atoms with E-state index in [-0.39, 0.29) is 25.5 Å². The van der Waals surface area contributed by atoms with Crippen molar-refractivity contribution in [2.75, 3.05) is 19.6 Å². The maximum absolute atomic E-state index is 12.4. The van der Waals surface area contributed by atoms with Crippen LogP contribution in [0.3, 0.4) is 0 Å². The predicted molar refractivity (Wildman–Crippen MR) is 88.2 cm³/mol.